The average Bonchev–Trinajstić information content (AvgIpc) is 3.23. The first-order valence-corrected chi connectivity index (χ1v) is 9.48. The Bertz CT molecular complexity index is 665. The van der Waals surface area contributed by atoms with Gasteiger partial charge in [-0.25, -0.2) is 4.98 Å². The van der Waals surface area contributed by atoms with Gasteiger partial charge in [0, 0.05) is 38.1 Å². The predicted octanol–water partition coefficient (Wildman–Crippen LogP) is 1.96. The lowest BCUT2D eigenvalue weighted by Gasteiger charge is -2.33. The summed E-state index contributed by atoms with van der Waals surface area (Å²) in [5.41, 5.74) is 1.29. The minimum atomic E-state index is -0.240. The molecule has 25 heavy (non-hydrogen) atoms. The molecule has 0 saturated carbocycles. The summed E-state index contributed by atoms with van der Waals surface area (Å²) in [6, 6.07) is 10.8. The topological polar surface area (TPSA) is 44.5 Å². The van der Waals surface area contributed by atoms with Crippen molar-refractivity contribution in [1.82, 2.24) is 19.4 Å². The number of nitrogens with zero attached hydrogens (tertiary/aromatic N) is 4. The maximum atomic E-state index is 10.5. The first-order valence-electron chi connectivity index (χ1n) is 9.48. The molecule has 1 N–H and O–H groups in total. The molecule has 1 aromatic heterocycles. The largest absolute Gasteiger partial charge is 0.390 e. The summed E-state index contributed by atoms with van der Waals surface area (Å²) in [7, 11) is 0. The van der Waals surface area contributed by atoms with Gasteiger partial charge in [0.05, 0.1) is 12.6 Å². The van der Waals surface area contributed by atoms with E-state index in [0.29, 0.717) is 0 Å². The van der Waals surface area contributed by atoms with Gasteiger partial charge in [0.2, 0.25) is 0 Å². The van der Waals surface area contributed by atoms with Crippen molar-refractivity contribution in [1.29, 1.82) is 0 Å². The van der Waals surface area contributed by atoms with Gasteiger partial charge >= 0.3 is 0 Å². The molecule has 134 valence electrons. The molecule has 1 aromatic carbocycles. The summed E-state index contributed by atoms with van der Waals surface area (Å²) < 4.78 is 2.22. The van der Waals surface area contributed by atoms with Gasteiger partial charge in [-0.15, -0.1) is 0 Å². The Labute approximate surface area is 149 Å². The lowest BCUT2D eigenvalue weighted by molar-refractivity contribution is 0.0706. The maximum absolute atomic E-state index is 10.5. The van der Waals surface area contributed by atoms with Crippen molar-refractivity contribution < 1.29 is 5.11 Å². The number of aliphatic hydroxyl groups is 1. The number of piperidine rings is 1. The summed E-state index contributed by atoms with van der Waals surface area (Å²) in [6.45, 7) is 5.62. The Morgan fingerprint density at radius 3 is 2.60 bits per heavy atom. The van der Waals surface area contributed by atoms with Crippen LogP contribution in [0.3, 0.4) is 0 Å². The molecule has 4 rings (SSSR count). The van der Waals surface area contributed by atoms with Crippen molar-refractivity contribution in [2.75, 3.05) is 26.2 Å². The number of likely N-dealkylation sites (tertiary alicyclic amines) is 2. The van der Waals surface area contributed by atoms with E-state index in [1.165, 1.54) is 24.8 Å². The molecule has 0 spiro atoms. The Kier molecular flexibility index (Phi) is 5.15. The minimum Gasteiger partial charge on any atom is -0.390 e. The van der Waals surface area contributed by atoms with E-state index in [1.807, 2.05) is 12.3 Å². The standard InChI is InChI=1S/C20H28N4O/c25-19-15-22(14-18(19)23-10-5-2-6-11-23)16-20-21-9-12-24(20)13-17-7-3-1-4-8-17/h1,3-4,7-9,12,18-19,25H,2,5-6,10-11,13-16H2/t18-,19-/m1/s1. The van der Waals surface area contributed by atoms with Crippen molar-refractivity contribution >= 4 is 0 Å². The fourth-order valence-electron chi connectivity index (χ4n) is 4.20. The molecule has 5 nitrogen and oxygen atoms in total. The Hall–Kier alpha value is -1.69. The van der Waals surface area contributed by atoms with Crippen LogP contribution in [0.2, 0.25) is 0 Å². The molecule has 2 aliphatic heterocycles. The molecule has 3 heterocycles. The van der Waals surface area contributed by atoms with Crippen LogP contribution in [0.4, 0.5) is 0 Å². The van der Waals surface area contributed by atoms with E-state index in [9.17, 15) is 5.11 Å². The maximum Gasteiger partial charge on any atom is 0.123 e. The third kappa shape index (κ3) is 3.94. The van der Waals surface area contributed by atoms with Gasteiger partial charge in [-0.3, -0.25) is 9.80 Å². The minimum absolute atomic E-state index is 0.240. The van der Waals surface area contributed by atoms with Crippen LogP contribution in [0.15, 0.2) is 42.7 Å². The summed E-state index contributed by atoms with van der Waals surface area (Å²) in [5, 5.41) is 10.5. The molecular formula is C20H28N4O. The number of aliphatic hydroxyl groups excluding tert-OH is 1. The molecule has 2 atom stereocenters. The lowest BCUT2D eigenvalue weighted by Crippen LogP contribution is -2.45. The summed E-state index contributed by atoms with van der Waals surface area (Å²) >= 11 is 0. The fourth-order valence-corrected chi connectivity index (χ4v) is 4.20. The number of imidazole rings is 1. The zero-order valence-electron chi connectivity index (χ0n) is 14.8. The van der Waals surface area contributed by atoms with Crippen LogP contribution >= 0.6 is 0 Å². The molecule has 2 fully saturated rings. The van der Waals surface area contributed by atoms with Crippen LogP contribution in [0, 0.1) is 0 Å². The summed E-state index contributed by atoms with van der Waals surface area (Å²) in [6.07, 6.45) is 7.56. The van der Waals surface area contributed by atoms with Crippen molar-refractivity contribution in [3.8, 4) is 0 Å². The zero-order valence-corrected chi connectivity index (χ0v) is 14.8. The van der Waals surface area contributed by atoms with Gasteiger partial charge in [0.25, 0.3) is 0 Å². The summed E-state index contributed by atoms with van der Waals surface area (Å²) in [4.78, 5) is 9.41. The highest BCUT2D eigenvalue weighted by molar-refractivity contribution is 5.16. The first-order chi connectivity index (χ1) is 12.3. The van der Waals surface area contributed by atoms with Crippen molar-refractivity contribution in [3.63, 3.8) is 0 Å². The average molecular weight is 340 g/mol. The van der Waals surface area contributed by atoms with Gasteiger partial charge in [-0.2, -0.15) is 0 Å². The van der Waals surface area contributed by atoms with Crippen LogP contribution < -0.4 is 0 Å². The molecule has 2 aliphatic rings. The van der Waals surface area contributed by atoms with E-state index in [-0.39, 0.29) is 12.1 Å². The third-order valence-corrected chi connectivity index (χ3v) is 5.56. The molecule has 2 aromatic rings. The predicted molar refractivity (Wildman–Crippen MR) is 98.3 cm³/mol. The molecule has 2 saturated heterocycles. The highest BCUT2D eigenvalue weighted by Crippen LogP contribution is 2.22. The van der Waals surface area contributed by atoms with Crippen molar-refractivity contribution in [2.24, 2.45) is 0 Å². The highest BCUT2D eigenvalue weighted by Gasteiger charge is 2.36. The normalized spacial score (nSPS) is 25.5. The smallest absolute Gasteiger partial charge is 0.123 e. The van der Waals surface area contributed by atoms with E-state index in [0.717, 1.165) is 45.1 Å². The quantitative estimate of drug-likeness (QED) is 0.904. The van der Waals surface area contributed by atoms with Crippen molar-refractivity contribution in [3.05, 3.63) is 54.1 Å². The van der Waals surface area contributed by atoms with Gasteiger partial charge in [0.15, 0.2) is 0 Å². The van der Waals surface area contributed by atoms with Crippen LogP contribution in [0.1, 0.15) is 30.7 Å². The SMILES string of the molecule is O[C@@H]1CN(Cc2nccn2Cc2ccccc2)C[C@H]1N1CCCCC1. The number of rotatable bonds is 5. The van der Waals surface area contributed by atoms with Gasteiger partial charge in [-0.05, 0) is 31.5 Å². The van der Waals surface area contributed by atoms with Crippen LogP contribution in [0.25, 0.3) is 0 Å². The second kappa shape index (κ2) is 7.68. The second-order valence-corrected chi connectivity index (χ2v) is 7.38. The fraction of sp³-hybridized carbons (Fsp3) is 0.550. The summed E-state index contributed by atoms with van der Waals surface area (Å²) in [5.74, 6) is 1.08. The molecule has 0 bridgehead atoms. The molecule has 0 aliphatic carbocycles. The van der Waals surface area contributed by atoms with E-state index >= 15 is 0 Å². The van der Waals surface area contributed by atoms with Gasteiger partial charge in [-0.1, -0.05) is 36.8 Å². The highest BCUT2D eigenvalue weighted by atomic mass is 16.3. The number of β-amino-alcohol motifs (C(OH)–C–C–N with tert-alkyl or cyclic N) is 1. The number of aromatic nitrogens is 2. The molecule has 0 unspecified atom stereocenters. The molecule has 0 radical (unpaired) electrons. The number of hydrogen-bond donors (Lipinski definition) is 1. The number of hydrogen-bond acceptors (Lipinski definition) is 4. The first kappa shape index (κ1) is 16.8. The second-order valence-electron chi connectivity index (χ2n) is 7.38. The molecular weight excluding hydrogens is 312 g/mol. The lowest BCUT2D eigenvalue weighted by atomic mass is 10.1. The van der Waals surface area contributed by atoms with Gasteiger partial charge in [0.1, 0.15) is 5.82 Å². The molecule has 5 heteroatoms. The Morgan fingerprint density at radius 1 is 1.00 bits per heavy atom. The Morgan fingerprint density at radius 2 is 1.80 bits per heavy atom. The van der Waals surface area contributed by atoms with E-state index in [1.54, 1.807) is 0 Å². The van der Waals surface area contributed by atoms with E-state index in [2.05, 4.69) is 49.8 Å². The van der Waals surface area contributed by atoms with E-state index in [4.69, 9.17) is 0 Å². The zero-order chi connectivity index (χ0) is 17.1. The Balaban J connectivity index is 1.39. The van der Waals surface area contributed by atoms with Crippen LogP contribution in [0.5, 0.6) is 0 Å². The molecule has 0 amide bonds. The van der Waals surface area contributed by atoms with Crippen molar-refractivity contribution in [2.45, 2.75) is 44.5 Å². The van der Waals surface area contributed by atoms with Gasteiger partial charge < -0.3 is 9.67 Å². The third-order valence-electron chi connectivity index (χ3n) is 5.56. The van der Waals surface area contributed by atoms with Crippen LogP contribution in [-0.2, 0) is 13.1 Å². The van der Waals surface area contributed by atoms with Crippen LogP contribution in [-0.4, -0.2) is 62.8 Å². The monoisotopic (exact) mass is 340 g/mol. The van der Waals surface area contributed by atoms with E-state index < -0.39 is 0 Å². The number of benzene rings is 1.